The summed E-state index contributed by atoms with van der Waals surface area (Å²) in [6.07, 6.45) is 0. The van der Waals surface area contributed by atoms with Crippen molar-refractivity contribution in [2.24, 2.45) is 0 Å². The molecule has 0 radical (unpaired) electrons. The Morgan fingerprint density at radius 1 is 0.357 bits per heavy atom. The van der Waals surface area contributed by atoms with Gasteiger partial charge in [0.05, 0.1) is 11.0 Å². The standard InChI is InChI=1S/C40H28N2/c1-3-9-28(10-4-1)30-15-17-31(18-16-30)33-20-23-39-37(26-33)38-27-35(22-24-40(38)42(39)36-13-5-2-6-14-36)41-34-21-19-29-11-7-8-12-32(29)25-34/h1-27,41H. The van der Waals surface area contributed by atoms with Crippen molar-refractivity contribution in [3.05, 3.63) is 164 Å². The molecule has 198 valence electrons. The quantitative estimate of drug-likeness (QED) is 0.231. The first-order valence-corrected chi connectivity index (χ1v) is 14.4. The minimum absolute atomic E-state index is 1.07. The summed E-state index contributed by atoms with van der Waals surface area (Å²) < 4.78 is 2.37. The number of para-hydroxylation sites is 1. The lowest BCUT2D eigenvalue weighted by atomic mass is 9.99. The molecule has 0 bridgehead atoms. The van der Waals surface area contributed by atoms with E-state index in [0.717, 1.165) is 17.1 Å². The number of nitrogens with one attached hydrogen (secondary N) is 1. The number of rotatable bonds is 5. The van der Waals surface area contributed by atoms with Gasteiger partial charge in [0.25, 0.3) is 0 Å². The van der Waals surface area contributed by atoms with Crippen LogP contribution in [0.1, 0.15) is 0 Å². The molecule has 8 rings (SSSR count). The Kier molecular flexibility index (Phi) is 5.82. The second-order valence-electron chi connectivity index (χ2n) is 10.8. The van der Waals surface area contributed by atoms with Crippen LogP contribution in [0.25, 0.3) is 60.5 Å². The van der Waals surface area contributed by atoms with E-state index in [0.29, 0.717) is 0 Å². The number of benzene rings is 7. The van der Waals surface area contributed by atoms with E-state index in [2.05, 4.69) is 174 Å². The molecule has 0 aliphatic heterocycles. The van der Waals surface area contributed by atoms with Crippen molar-refractivity contribution in [3.63, 3.8) is 0 Å². The van der Waals surface area contributed by atoms with Crippen molar-refractivity contribution in [2.75, 3.05) is 5.32 Å². The zero-order chi connectivity index (χ0) is 27.9. The molecule has 0 amide bonds. The van der Waals surface area contributed by atoms with E-state index < -0.39 is 0 Å². The Morgan fingerprint density at radius 3 is 1.64 bits per heavy atom. The van der Waals surface area contributed by atoms with Crippen molar-refractivity contribution in [1.82, 2.24) is 4.57 Å². The van der Waals surface area contributed by atoms with Crippen LogP contribution in [0, 0.1) is 0 Å². The van der Waals surface area contributed by atoms with Crippen LogP contribution >= 0.6 is 0 Å². The van der Waals surface area contributed by atoms with Crippen molar-refractivity contribution in [2.45, 2.75) is 0 Å². The lowest BCUT2D eigenvalue weighted by Gasteiger charge is -2.10. The number of fused-ring (bicyclic) bond motifs is 4. The van der Waals surface area contributed by atoms with E-state index in [1.807, 2.05) is 0 Å². The highest BCUT2D eigenvalue weighted by molar-refractivity contribution is 6.11. The van der Waals surface area contributed by atoms with Gasteiger partial charge in [-0.1, -0.05) is 109 Å². The predicted octanol–water partition coefficient (Wildman–Crippen LogP) is 11.0. The summed E-state index contributed by atoms with van der Waals surface area (Å²) in [4.78, 5) is 0. The Bertz CT molecular complexity index is 2190. The van der Waals surface area contributed by atoms with Gasteiger partial charge in [-0.15, -0.1) is 0 Å². The SMILES string of the molecule is c1ccc(-c2ccc(-c3ccc4c(c3)c3cc(Nc5ccc6ccccc6c5)ccc3n4-c3ccccc3)cc2)cc1. The average molecular weight is 537 g/mol. The van der Waals surface area contributed by atoms with Gasteiger partial charge < -0.3 is 9.88 Å². The van der Waals surface area contributed by atoms with Gasteiger partial charge in [-0.05, 0) is 87.6 Å². The van der Waals surface area contributed by atoms with Crippen LogP contribution in [0.2, 0.25) is 0 Å². The van der Waals surface area contributed by atoms with E-state index in [4.69, 9.17) is 0 Å². The molecule has 0 aliphatic carbocycles. The molecule has 8 aromatic rings. The largest absolute Gasteiger partial charge is 0.355 e. The third-order valence-corrected chi connectivity index (χ3v) is 8.14. The van der Waals surface area contributed by atoms with Gasteiger partial charge in [-0.2, -0.15) is 0 Å². The molecule has 1 N–H and O–H groups in total. The molecule has 0 spiro atoms. The van der Waals surface area contributed by atoms with Crippen LogP contribution < -0.4 is 5.32 Å². The van der Waals surface area contributed by atoms with Crippen LogP contribution in [-0.2, 0) is 0 Å². The van der Waals surface area contributed by atoms with Crippen LogP contribution in [0.5, 0.6) is 0 Å². The van der Waals surface area contributed by atoms with Gasteiger partial charge in [0.1, 0.15) is 0 Å². The summed E-state index contributed by atoms with van der Waals surface area (Å²) in [5.41, 5.74) is 10.6. The lowest BCUT2D eigenvalue weighted by molar-refractivity contribution is 1.18. The average Bonchev–Trinajstić information content (AvgIpc) is 3.38. The maximum absolute atomic E-state index is 3.66. The number of anilines is 2. The van der Waals surface area contributed by atoms with Crippen molar-refractivity contribution in [3.8, 4) is 27.9 Å². The minimum Gasteiger partial charge on any atom is -0.355 e. The zero-order valence-corrected chi connectivity index (χ0v) is 23.0. The molecule has 0 aliphatic rings. The number of hydrogen-bond acceptors (Lipinski definition) is 1. The summed E-state index contributed by atoms with van der Waals surface area (Å²) in [7, 11) is 0. The van der Waals surface area contributed by atoms with E-state index in [1.54, 1.807) is 0 Å². The molecule has 0 atom stereocenters. The first-order valence-electron chi connectivity index (χ1n) is 14.4. The molecule has 2 heteroatoms. The van der Waals surface area contributed by atoms with Crippen LogP contribution in [0.15, 0.2) is 164 Å². The van der Waals surface area contributed by atoms with Gasteiger partial charge in [0.2, 0.25) is 0 Å². The summed E-state index contributed by atoms with van der Waals surface area (Å²) in [6, 6.07) is 58.6. The van der Waals surface area contributed by atoms with Gasteiger partial charge in [-0.3, -0.25) is 0 Å². The molecule has 0 unspecified atom stereocenters. The van der Waals surface area contributed by atoms with Gasteiger partial charge in [0.15, 0.2) is 0 Å². The second-order valence-corrected chi connectivity index (χ2v) is 10.8. The molecule has 42 heavy (non-hydrogen) atoms. The smallest absolute Gasteiger partial charge is 0.0542 e. The summed E-state index contributed by atoms with van der Waals surface area (Å²) in [5, 5.41) is 8.60. The summed E-state index contributed by atoms with van der Waals surface area (Å²) >= 11 is 0. The van der Waals surface area contributed by atoms with E-state index in [1.165, 1.54) is 54.8 Å². The first kappa shape index (κ1) is 24.2. The lowest BCUT2D eigenvalue weighted by Crippen LogP contribution is -1.94. The molecular weight excluding hydrogens is 508 g/mol. The highest BCUT2D eigenvalue weighted by atomic mass is 15.0. The normalized spacial score (nSPS) is 11.3. The number of aromatic nitrogens is 1. The monoisotopic (exact) mass is 536 g/mol. The topological polar surface area (TPSA) is 17.0 Å². The summed E-state index contributed by atoms with van der Waals surface area (Å²) in [5.74, 6) is 0. The van der Waals surface area contributed by atoms with Gasteiger partial charge >= 0.3 is 0 Å². The third kappa shape index (κ3) is 4.31. The first-order chi connectivity index (χ1) is 20.8. The maximum Gasteiger partial charge on any atom is 0.0542 e. The van der Waals surface area contributed by atoms with E-state index in [9.17, 15) is 0 Å². The van der Waals surface area contributed by atoms with Gasteiger partial charge in [-0.25, -0.2) is 0 Å². The van der Waals surface area contributed by atoms with Crippen LogP contribution in [0.4, 0.5) is 11.4 Å². The molecule has 2 nitrogen and oxygen atoms in total. The van der Waals surface area contributed by atoms with Crippen molar-refractivity contribution in [1.29, 1.82) is 0 Å². The fourth-order valence-corrected chi connectivity index (χ4v) is 6.06. The van der Waals surface area contributed by atoms with Crippen molar-refractivity contribution >= 4 is 44.0 Å². The molecule has 1 aromatic heterocycles. The Morgan fingerprint density at radius 2 is 0.881 bits per heavy atom. The Labute approximate surface area is 245 Å². The molecule has 1 heterocycles. The zero-order valence-electron chi connectivity index (χ0n) is 23.0. The third-order valence-electron chi connectivity index (χ3n) is 8.14. The van der Waals surface area contributed by atoms with Crippen molar-refractivity contribution < 1.29 is 0 Å². The Balaban J connectivity index is 1.25. The molecular formula is C40H28N2. The minimum atomic E-state index is 1.07. The summed E-state index contributed by atoms with van der Waals surface area (Å²) in [6.45, 7) is 0. The maximum atomic E-state index is 3.66. The highest BCUT2D eigenvalue weighted by Crippen LogP contribution is 2.37. The van der Waals surface area contributed by atoms with E-state index in [-0.39, 0.29) is 0 Å². The fraction of sp³-hybridized carbons (Fsp3) is 0. The predicted molar refractivity (Wildman–Crippen MR) is 179 cm³/mol. The highest BCUT2D eigenvalue weighted by Gasteiger charge is 2.14. The number of hydrogen-bond donors (Lipinski definition) is 1. The molecule has 0 fully saturated rings. The van der Waals surface area contributed by atoms with Crippen LogP contribution in [-0.4, -0.2) is 4.57 Å². The molecule has 7 aromatic carbocycles. The van der Waals surface area contributed by atoms with Crippen LogP contribution in [0.3, 0.4) is 0 Å². The van der Waals surface area contributed by atoms with E-state index >= 15 is 0 Å². The Hall–Kier alpha value is -5.60. The molecule has 0 saturated heterocycles. The fourth-order valence-electron chi connectivity index (χ4n) is 6.06. The van der Waals surface area contributed by atoms with Gasteiger partial charge in [0, 0.05) is 27.8 Å². The molecule has 0 saturated carbocycles. The number of nitrogens with zero attached hydrogens (tertiary/aromatic N) is 1. The second kappa shape index (κ2) is 10.1.